The van der Waals surface area contributed by atoms with Crippen molar-refractivity contribution in [1.29, 1.82) is 0 Å². The highest BCUT2D eigenvalue weighted by Gasteiger charge is 2.31. The summed E-state index contributed by atoms with van der Waals surface area (Å²) in [6.45, 7) is 0.587. The predicted molar refractivity (Wildman–Crippen MR) is 105 cm³/mol. The Morgan fingerprint density at radius 1 is 1.20 bits per heavy atom. The van der Waals surface area contributed by atoms with Crippen molar-refractivity contribution in [1.82, 2.24) is 14.9 Å². The summed E-state index contributed by atoms with van der Waals surface area (Å²) in [4.78, 5) is 21.5. The second-order valence-corrected chi connectivity index (χ2v) is 7.17. The number of amides is 1. The molecule has 1 aliphatic rings. The molecule has 3 aromatic rings. The molecule has 8 heteroatoms. The fourth-order valence-corrected chi connectivity index (χ4v) is 3.84. The average molecular weight is 410 g/mol. The molecule has 1 aromatic heterocycles. The van der Waals surface area contributed by atoms with Gasteiger partial charge >= 0.3 is 0 Å². The summed E-state index contributed by atoms with van der Waals surface area (Å²) in [5, 5.41) is 12.2. The van der Waals surface area contributed by atoms with Gasteiger partial charge in [-0.05, 0) is 36.2 Å². The minimum absolute atomic E-state index is 0.0800. The minimum Gasteiger partial charge on any atom is -0.530 e. The van der Waals surface area contributed by atoms with Crippen LogP contribution in [0.15, 0.2) is 48.5 Å². The number of hydrogen-bond donors (Lipinski definition) is 0. The highest BCUT2D eigenvalue weighted by atomic mass is 19.1. The number of hydrogen-bond acceptors (Lipinski definition) is 6. The van der Waals surface area contributed by atoms with Gasteiger partial charge in [-0.25, -0.2) is 9.37 Å². The molecule has 156 valence electrons. The van der Waals surface area contributed by atoms with E-state index in [4.69, 9.17) is 9.47 Å². The normalized spacial score (nSPS) is 19.1. The van der Waals surface area contributed by atoms with E-state index in [1.807, 2.05) is 24.3 Å². The third kappa shape index (κ3) is 4.18. The van der Waals surface area contributed by atoms with E-state index in [1.54, 1.807) is 19.2 Å². The third-order valence-electron chi connectivity index (χ3n) is 5.35. The summed E-state index contributed by atoms with van der Waals surface area (Å²) in [6.07, 6.45) is -1.13. The SMILES string of the molecule is COc1nc(COC2CN(C(=O)[O-])CCC2c2ccc(F)cc2)nc2ccccc12. The molecule has 2 heterocycles. The fourth-order valence-electron chi connectivity index (χ4n) is 3.84. The number of methoxy groups -OCH3 is 1. The molecule has 0 saturated carbocycles. The van der Waals surface area contributed by atoms with E-state index in [0.29, 0.717) is 24.7 Å². The summed E-state index contributed by atoms with van der Waals surface area (Å²) in [5.41, 5.74) is 1.63. The monoisotopic (exact) mass is 410 g/mol. The number of para-hydroxylation sites is 1. The number of fused-ring (bicyclic) bond motifs is 1. The average Bonchev–Trinajstić information content (AvgIpc) is 2.77. The molecule has 1 aliphatic heterocycles. The number of carbonyl (C=O) groups is 1. The molecule has 2 unspecified atom stereocenters. The molecule has 0 spiro atoms. The van der Waals surface area contributed by atoms with Crippen molar-refractivity contribution in [3.8, 4) is 5.88 Å². The smallest absolute Gasteiger partial charge is 0.224 e. The first-order valence-electron chi connectivity index (χ1n) is 9.68. The van der Waals surface area contributed by atoms with Crippen molar-refractivity contribution in [2.75, 3.05) is 20.2 Å². The maximum Gasteiger partial charge on any atom is 0.224 e. The summed E-state index contributed by atoms with van der Waals surface area (Å²) >= 11 is 0. The standard InChI is InChI=1S/C22H22FN3O4/c1-29-21-17-4-2-3-5-18(17)24-20(25-21)13-30-19-12-26(22(27)28)11-10-16(19)14-6-8-15(23)9-7-14/h2-9,16,19H,10-13H2,1H3,(H,27,28)/p-1. The van der Waals surface area contributed by atoms with Gasteiger partial charge in [0, 0.05) is 19.0 Å². The van der Waals surface area contributed by atoms with Crippen LogP contribution in [0.3, 0.4) is 0 Å². The molecule has 1 saturated heterocycles. The summed E-state index contributed by atoms with van der Waals surface area (Å²) < 4.78 is 24.8. The van der Waals surface area contributed by atoms with Gasteiger partial charge in [0.2, 0.25) is 5.88 Å². The zero-order chi connectivity index (χ0) is 21.1. The lowest BCUT2D eigenvalue weighted by Crippen LogP contribution is -2.51. The number of piperidine rings is 1. The van der Waals surface area contributed by atoms with Crippen molar-refractivity contribution in [2.24, 2.45) is 0 Å². The Morgan fingerprint density at radius 3 is 2.70 bits per heavy atom. The van der Waals surface area contributed by atoms with E-state index >= 15 is 0 Å². The zero-order valence-corrected chi connectivity index (χ0v) is 16.5. The quantitative estimate of drug-likeness (QED) is 0.642. The lowest BCUT2D eigenvalue weighted by molar-refractivity contribution is -0.268. The van der Waals surface area contributed by atoms with Crippen molar-refractivity contribution in [3.05, 3.63) is 65.7 Å². The van der Waals surface area contributed by atoms with Crippen molar-refractivity contribution in [2.45, 2.75) is 25.0 Å². The van der Waals surface area contributed by atoms with Crippen molar-refractivity contribution < 1.29 is 23.8 Å². The first kappa shape index (κ1) is 20.0. The number of carboxylic acid groups (broad SMARTS) is 1. The van der Waals surface area contributed by atoms with Gasteiger partial charge in [-0.3, -0.25) is 0 Å². The predicted octanol–water partition coefficient (Wildman–Crippen LogP) is 2.50. The topological polar surface area (TPSA) is 87.6 Å². The zero-order valence-electron chi connectivity index (χ0n) is 16.5. The van der Waals surface area contributed by atoms with E-state index in [0.717, 1.165) is 16.5 Å². The van der Waals surface area contributed by atoms with Crippen LogP contribution in [0.5, 0.6) is 5.88 Å². The van der Waals surface area contributed by atoms with Crippen LogP contribution in [0.1, 0.15) is 23.7 Å². The lowest BCUT2D eigenvalue weighted by atomic mass is 9.87. The van der Waals surface area contributed by atoms with Crippen LogP contribution in [0.4, 0.5) is 9.18 Å². The first-order valence-corrected chi connectivity index (χ1v) is 9.68. The number of likely N-dealkylation sites (tertiary alicyclic amines) is 1. The Balaban J connectivity index is 1.57. The molecule has 0 bridgehead atoms. The second-order valence-electron chi connectivity index (χ2n) is 7.17. The van der Waals surface area contributed by atoms with Crippen LogP contribution in [0.25, 0.3) is 10.9 Å². The number of ether oxygens (including phenoxy) is 2. The summed E-state index contributed by atoms with van der Waals surface area (Å²) in [6, 6.07) is 13.7. The molecule has 30 heavy (non-hydrogen) atoms. The number of rotatable bonds is 5. The van der Waals surface area contributed by atoms with Gasteiger partial charge in [0.1, 0.15) is 18.5 Å². The van der Waals surface area contributed by atoms with Crippen LogP contribution in [-0.4, -0.2) is 47.3 Å². The van der Waals surface area contributed by atoms with Gasteiger partial charge in [0.05, 0.1) is 24.1 Å². The highest BCUT2D eigenvalue weighted by molar-refractivity contribution is 5.83. The second kappa shape index (κ2) is 8.62. The van der Waals surface area contributed by atoms with E-state index in [1.165, 1.54) is 17.0 Å². The van der Waals surface area contributed by atoms with Crippen molar-refractivity contribution >= 4 is 17.0 Å². The van der Waals surface area contributed by atoms with Gasteiger partial charge < -0.3 is 24.3 Å². The van der Waals surface area contributed by atoms with Gasteiger partial charge in [0.15, 0.2) is 5.82 Å². The fraction of sp³-hybridized carbons (Fsp3) is 0.318. The van der Waals surface area contributed by atoms with E-state index < -0.39 is 12.2 Å². The van der Waals surface area contributed by atoms with Gasteiger partial charge in [-0.1, -0.05) is 24.3 Å². The first-order chi connectivity index (χ1) is 14.5. The Hall–Kier alpha value is -3.26. The van der Waals surface area contributed by atoms with Gasteiger partial charge in [-0.15, -0.1) is 0 Å². The van der Waals surface area contributed by atoms with Crippen LogP contribution in [0.2, 0.25) is 0 Å². The van der Waals surface area contributed by atoms with E-state index in [-0.39, 0.29) is 24.9 Å². The number of benzene rings is 2. The van der Waals surface area contributed by atoms with Crippen molar-refractivity contribution in [3.63, 3.8) is 0 Å². The Morgan fingerprint density at radius 2 is 1.97 bits per heavy atom. The third-order valence-corrected chi connectivity index (χ3v) is 5.35. The molecule has 4 rings (SSSR count). The molecule has 2 aromatic carbocycles. The highest BCUT2D eigenvalue weighted by Crippen LogP contribution is 2.31. The molecule has 7 nitrogen and oxygen atoms in total. The largest absolute Gasteiger partial charge is 0.530 e. The van der Waals surface area contributed by atoms with E-state index in [2.05, 4.69) is 9.97 Å². The van der Waals surface area contributed by atoms with Gasteiger partial charge in [-0.2, -0.15) is 4.98 Å². The Kier molecular flexibility index (Phi) is 5.76. The molecular weight excluding hydrogens is 389 g/mol. The summed E-state index contributed by atoms with van der Waals surface area (Å²) in [5.74, 6) is 0.492. The van der Waals surface area contributed by atoms with Gasteiger partial charge in [0.25, 0.3) is 0 Å². The van der Waals surface area contributed by atoms with Crippen LogP contribution < -0.4 is 9.84 Å². The molecule has 0 aliphatic carbocycles. The molecule has 0 radical (unpaired) electrons. The summed E-state index contributed by atoms with van der Waals surface area (Å²) in [7, 11) is 1.54. The number of carbonyl (C=O) groups excluding carboxylic acids is 1. The molecule has 0 N–H and O–H groups in total. The number of aromatic nitrogens is 2. The molecule has 2 atom stereocenters. The maximum absolute atomic E-state index is 13.3. The maximum atomic E-state index is 13.3. The molecular formula is C22H21FN3O4-. The number of nitrogens with zero attached hydrogens (tertiary/aromatic N) is 3. The molecule has 1 amide bonds. The Bertz CT molecular complexity index is 1040. The van der Waals surface area contributed by atoms with Crippen LogP contribution in [0, 0.1) is 5.82 Å². The van der Waals surface area contributed by atoms with Crippen LogP contribution >= 0.6 is 0 Å². The minimum atomic E-state index is -1.23. The Labute approximate surface area is 173 Å². The van der Waals surface area contributed by atoms with Crippen LogP contribution in [-0.2, 0) is 11.3 Å². The van der Waals surface area contributed by atoms with E-state index in [9.17, 15) is 14.3 Å². The number of halogens is 1. The molecule has 1 fully saturated rings. The lowest BCUT2D eigenvalue weighted by Gasteiger charge is -2.39.